The minimum Gasteiger partial charge on any atom is -0.478 e. The number of carbonyl (C=O) groups excluding carboxylic acids is 1. The summed E-state index contributed by atoms with van der Waals surface area (Å²) in [6, 6.07) is 23.6. The van der Waals surface area contributed by atoms with E-state index in [0.717, 1.165) is 36.1 Å². The van der Waals surface area contributed by atoms with Crippen molar-refractivity contribution >= 4 is 23.3 Å². The van der Waals surface area contributed by atoms with Gasteiger partial charge in [0.1, 0.15) is 0 Å². The number of amides is 1. The number of anilines is 2. The van der Waals surface area contributed by atoms with Crippen LogP contribution in [0.25, 0.3) is 11.1 Å². The first-order valence-electron chi connectivity index (χ1n) is 12.9. The van der Waals surface area contributed by atoms with Crippen LogP contribution in [0.1, 0.15) is 61.4 Å². The smallest absolute Gasteiger partial charge is 0.337 e. The number of carboxylic acids is 1. The largest absolute Gasteiger partial charge is 0.478 e. The predicted octanol–water partition coefficient (Wildman–Crippen LogP) is 7.18. The lowest BCUT2D eigenvalue weighted by molar-refractivity contribution is -0.130. The highest BCUT2D eigenvalue weighted by Crippen LogP contribution is 2.29. The third-order valence-electron chi connectivity index (χ3n) is 6.67. The molecule has 0 aliphatic rings. The SMILES string of the molecule is CCCCCCCC(=O)N(C)CCc1cccc(-c2ccc(N(C)c3ccccc3C(=O)O)cc2)c1. The summed E-state index contributed by atoms with van der Waals surface area (Å²) < 4.78 is 0. The van der Waals surface area contributed by atoms with Crippen molar-refractivity contribution in [1.29, 1.82) is 0 Å². The summed E-state index contributed by atoms with van der Waals surface area (Å²) in [7, 11) is 3.77. The number of unbranched alkanes of at least 4 members (excludes halogenated alkanes) is 4. The van der Waals surface area contributed by atoms with Gasteiger partial charge >= 0.3 is 5.97 Å². The summed E-state index contributed by atoms with van der Waals surface area (Å²) in [5.74, 6) is -0.711. The number of hydrogen-bond acceptors (Lipinski definition) is 3. The summed E-state index contributed by atoms with van der Waals surface area (Å²) in [5.41, 5.74) is 5.26. The van der Waals surface area contributed by atoms with Gasteiger partial charge in [-0.1, -0.05) is 81.1 Å². The maximum Gasteiger partial charge on any atom is 0.337 e. The number of rotatable bonds is 13. The molecular weight excluding hydrogens is 448 g/mol. The molecule has 190 valence electrons. The van der Waals surface area contributed by atoms with E-state index in [4.69, 9.17) is 0 Å². The van der Waals surface area contributed by atoms with Crippen molar-refractivity contribution < 1.29 is 14.7 Å². The topological polar surface area (TPSA) is 60.9 Å². The number of aromatic carboxylic acids is 1. The lowest BCUT2D eigenvalue weighted by Crippen LogP contribution is -2.28. The van der Waals surface area contributed by atoms with Crippen molar-refractivity contribution in [3.05, 3.63) is 83.9 Å². The second-order valence-corrected chi connectivity index (χ2v) is 9.36. The molecule has 0 saturated carbocycles. The Morgan fingerprint density at radius 2 is 1.53 bits per heavy atom. The molecule has 5 heteroatoms. The number of benzene rings is 3. The van der Waals surface area contributed by atoms with Crippen LogP contribution in [0.15, 0.2) is 72.8 Å². The van der Waals surface area contributed by atoms with Crippen LogP contribution in [-0.2, 0) is 11.2 Å². The first-order valence-corrected chi connectivity index (χ1v) is 12.9. The fraction of sp³-hybridized carbons (Fsp3) is 0.355. The van der Waals surface area contributed by atoms with E-state index >= 15 is 0 Å². The minimum atomic E-state index is -0.940. The molecule has 0 aromatic heterocycles. The fourth-order valence-corrected chi connectivity index (χ4v) is 4.36. The van der Waals surface area contributed by atoms with Crippen LogP contribution in [0.3, 0.4) is 0 Å². The van der Waals surface area contributed by atoms with Gasteiger partial charge in [0.15, 0.2) is 0 Å². The molecule has 5 nitrogen and oxygen atoms in total. The first kappa shape index (κ1) is 27.0. The van der Waals surface area contributed by atoms with E-state index in [9.17, 15) is 14.7 Å². The van der Waals surface area contributed by atoms with E-state index in [0.29, 0.717) is 18.7 Å². The lowest BCUT2D eigenvalue weighted by Gasteiger charge is -2.21. The van der Waals surface area contributed by atoms with E-state index < -0.39 is 5.97 Å². The summed E-state index contributed by atoms with van der Waals surface area (Å²) in [6.07, 6.45) is 7.25. The number of likely N-dealkylation sites (N-methyl/N-ethyl adjacent to an activating group) is 1. The molecule has 36 heavy (non-hydrogen) atoms. The number of carbonyl (C=O) groups is 2. The van der Waals surface area contributed by atoms with Crippen LogP contribution < -0.4 is 4.90 Å². The Hall–Kier alpha value is -3.60. The van der Waals surface area contributed by atoms with Crippen LogP contribution in [-0.4, -0.2) is 42.5 Å². The molecule has 3 rings (SSSR count). The Balaban J connectivity index is 1.60. The van der Waals surface area contributed by atoms with E-state index in [1.54, 1.807) is 12.1 Å². The Morgan fingerprint density at radius 1 is 0.806 bits per heavy atom. The van der Waals surface area contributed by atoms with Gasteiger partial charge in [-0.15, -0.1) is 0 Å². The number of para-hydroxylation sites is 1. The Labute approximate surface area is 215 Å². The van der Waals surface area contributed by atoms with E-state index in [-0.39, 0.29) is 11.5 Å². The van der Waals surface area contributed by atoms with Crippen LogP contribution in [0.2, 0.25) is 0 Å². The van der Waals surface area contributed by atoms with E-state index in [2.05, 4.69) is 43.3 Å². The van der Waals surface area contributed by atoms with Crippen LogP contribution in [0.5, 0.6) is 0 Å². The molecule has 0 fully saturated rings. The van der Waals surface area contributed by atoms with Gasteiger partial charge in [-0.2, -0.15) is 0 Å². The highest BCUT2D eigenvalue weighted by Gasteiger charge is 2.14. The highest BCUT2D eigenvalue weighted by molar-refractivity contribution is 5.95. The average Bonchev–Trinajstić information content (AvgIpc) is 2.91. The van der Waals surface area contributed by atoms with Gasteiger partial charge in [0.25, 0.3) is 0 Å². The van der Waals surface area contributed by atoms with Gasteiger partial charge in [0.05, 0.1) is 11.3 Å². The highest BCUT2D eigenvalue weighted by atomic mass is 16.4. The molecule has 0 radical (unpaired) electrons. The van der Waals surface area contributed by atoms with Crippen LogP contribution >= 0.6 is 0 Å². The van der Waals surface area contributed by atoms with Crippen LogP contribution in [0.4, 0.5) is 11.4 Å². The molecule has 0 aliphatic carbocycles. The molecule has 1 N–H and O–H groups in total. The zero-order chi connectivity index (χ0) is 25.9. The van der Waals surface area contributed by atoms with Gasteiger partial charge in [-0.3, -0.25) is 4.79 Å². The zero-order valence-corrected chi connectivity index (χ0v) is 21.7. The van der Waals surface area contributed by atoms with Crippen molar-refractivity contribution in [2.75, 3.05) is 25.5 Å². The molecule has 0 bridgehead atoms. The van der Waals surface area contributed by atoms with Crippen molar-refractivity contribution in [3.8, 4) is 11.1 Å². The van der Waals surface area contributed by atoms with Crippen molar-refractivity contribution in [2.24, 2.45) is 0 Å². The van der Waals surface area contributed by atoms with E-state index in [1.165, 1.54) is 24.8 Å². The molecule has 3 aromatic carbocycles. The molecule has 0 unspecified atom stereocenters. The Morgan fingerprint density at radius 3 is 2.25 bits per heavy atom. The summed E-state index contributed by atoms with van der Waals surface area (Å²) in [6.45, 7) is 2.91. The minimum absolute atomic E-state index is 0.229. The quantitative estimate of drug-likeness (QED) is 0.260. The molecule has 1 amide bonds. The molecule has 0 saturated heterocycles. The second kappa shape index (κ2) is 13.5. The molecule has 3 aromatic rings. The zero-order valence-electron chi connectivity index (χ0n) is 21.7. The third-order valence-corrected chi connectivity index (χ3v) is 6.67. The molecule has 0 spiro atoms. The number of hydrogen-bond donors (Lipinski definition) is 1. The second-order valence-electron chi connectivity index (χ2n) is 9.36. The maximum absolute atomic E-state index is 12.4. The van der Waals surface area contributed by atoms with Crippen LogP contribution in [0, 0.1) is 0 Å². The number of carboxylic acid groups (broad SMARTS) is 1. The van der Waals surface area contributed by atoms with Crippen molar-refractivity contribution in [2.45, 2.75) is 51.9 Å². The van der Waals surface area contributed by atoms with Gasteiger partial charge in [0.2, 0.25) is 5.91 Å². The third kappa shape index (κ3) is 7.45. The fourth-order valence-electron chi connectivity index (χ4n) is 4.36. The molecule has 0 aliphatic heterocycles. The van der Waals surface area contributed by atoms with E-state index in [1.807, 2.05) is 48.2 Å². The molecular formula is C31H38N2O3. The standard InChI is InChI=1S/C31H38N2O3/c1-4-5-6-7-8-16-30(34)32(2)22-21-24-12-11-13-26(23-24)25-17-19-27(20-18-25)33(3)29-15-10-9-14-28(29)31(35)36/h9-15,17-20,23H,4-8,16,21-22H2,1-3H3,(H,35,36). The Kier molecular flexibility index (Phi) is 10.1. The van der Waals surface area contributed by atoms with Crippen molar-refractivity contribution in [3.63, 3.8) is 0 Å². The summed E-state index contributed by atoms with van der Waals surface area (Å²) in [4.78, 5) is 27.8. The van der Waals surface area contributed by atoms with Gasteiger partial charge in [0, 0.05) is 32.7 Å². The summed E-state index contributed by atoms with van der Waals surface area (Å²) in [5, 5.41) is 9.51. The normalized spacial score (nSPS) is 10.8. The lowest BCUT2D eigenvalue weighted by atomic mass is 10.0. The van der Waals surface area contributed by atoms with Crippen molar-refractivity contribution in [1.82, 2.24) is 4.90 Å². The maximum atomic E-state index is 12.4. The molecule has 0 heterocycles. The van der Waals surface area contributed by atoms with Gasteiger partial charge in [-0.05, 0) is 53.8 Å². The predicted molar refractivity (Wildman–Crippen MR) is 148 cm³/mol. The number of nitrogens with zero attached hydrogens (tertiary/aromatic N) is 2. The summed E-state index contributed by atoms with van der Waals surface area (Å²) >= 11 is 0. The monoisotopic (exact) mass is 486 g/mol. The average molecular weight is 487 g/mol. The first-order chi connectivity index (χ1) is 17.4. The Bertz CT molecular complexity index is 1140. The molecule has 0 atom stereocenters. The van der Waals surface area contributed by atoms with Gasteiger partial charge < -0.3 is 14.9 Å². The van der Waals surface area contributed by atoms with Gasteiger partial charge in [-0.25, -0.2) is 4.79 Å².